The summed E-state index contributed by atoms with van der Waals surface area (Å²) in [5, 5.41) is 11.5. The molecule has 0 spiro atoms. The third-order valence-electron chi connectivity index (χ3n) is 3.12. The largest absolute Gasteiger partial charge is 0.480 e. The van der Waals surface area contributed by atoms with E-state index in [-0.39, 0.29) is 0 Å². The molecule has 1 aromatic rings. The highest BCUT2D eigenvalue weighted by atomic mass is 32.1. The van der Waals surface area contributed by atoms with Gasteiger partial charge in [-0.05, 0) is 19.3 Å². The van der Waals surface area contributed by atoms with Crippen molar-refractivity contribution in [2.75, 3.05) is 11.4 Å². The Morgan fingerprint density at radius 2 is 2.41 bits per heavy atom. The molecule has 17 heavy (non-hydrogen) atoms. The molecule has 1 aromatic heterocycles. The van der Waals surface area contributed by atoms with Crippen LogP contribution in [0.5, 0.6) is 0 Å². The Hall–Kier alpha value is -1.14. The van der Waals surface area contributed by atoms with Crippen LogP contribution in [0.1, 0.15) is 32.0 Å². The number of nitrogens with zero attached hydrogens (tertiary/aromatic N) is 2. The van der Waals surface area contributed by atoms with Gasteiger partial charge in [0.15, 0.2) is 5.13 Å². The Morgan fingerprint density at radius 3 is 2.94 bits per heavy atom. The summed E-state index contributed by atoms with van der Waals surface area (Å²) in [6, 6.07) is -0.555. The van der Waals surface area contributed by atoms with E-state index in [2.05, 4.69) is 23.7 Å². The van der Waals surface area contributed by atoms with E-state index in [1.807, 2.05) is 0 Å². The zero-order valence-corrected chi connectivity index (χ0v) is 10.8. The molecule has 94 valence electrons. The van der Waals surface area contributed by atoms with Gasteiger partial charge in [0.25, 0.3) is 0 Å². The number of carboxylic acid groups (broad SMARTS) is 1. The first-order chi connectivity index (χ1) is 7.99. The Labute approximate surface area is 104 Å². The molecule has 3 N–H and O–H groups in total. The highest BCUT2D eigenvalue weighted by Crippen LogP contribution is 2.31. The Bertz CT molecular complexity index is 421. The van der Waals surface area contributed by atoms with E-state index < -0.39 is 12.0 Å². The fourth-order valence-electron chi connectivity index (χ4n) is 2.24. The van der Waals surface area contributed by atoms with Crippen LogP contribution in [0.2, 0.25) is 0 Å². The van der Waals surface area contributed by atoms with Gasteiger partial charge in [-0.3, -0.25) is 4.79 Å². The van der Waals surface area contributed by atoms with E-state index in [1.165, 1.54) is 11.3 Å². The van der Waals surface area contributed by atoms with Gasteiger partial charge >= 0.3 is 5.97 Å². The zero-order chi connectivity index (χ0) is 12.6. The number of nitrogens with two attached hydrogens (primary N) is 1. The van der Waals surface area contributed by atoms with Gasteiger partial charge < -0.3 is 15.7 Å². The SMILES string of the molecule is CC1CC(C)N(c2nc(C(N)C(=O)O)cs2)C1. The summed E-state index contributed by atoms with van der Waals surface area (Å²) in [7, 11) is 0. The second kappa shape index (κ2) is 4.62. The first-order valence-electron chi connectivity index (χ1n) is 5.69. The van der Waals surface area contributed by atoms with Gasteiger partial charge in [0.1, 0.15) is 6.04 Å². The maximum Gasteiger partial charge on any atom is 0.326 e. The molecule has 0 radical (unpaired) electrons. The number of hydrogen-bond donors (Lipinski definition) is 2. The van der Waals surface area contributed by atoms with Crippen LogP contribution in [-0.2, 0) is 4.79 Å². The minimum Gasteiger partial charge on any atom is -0.480 e. The molecule has 0 aromatic carbocycles. The third kappa shape index (κ3) is 2.42. The van der Waals surface area contributed by atoms with Gasteiger partial charge in [0, 0.05) is 18.0 Å². The van der Waals surface area contributed by atoms with Crippen molar-refractivity contribution < 1.29 is 9.90 Å². The molecule has 5 nitrogen and oxygen atoms in total. The average Bonchev–Trinajstić information content (AvgIpc) is 2.83. The molecule has 3 unspecified atom stereocenters. The molecule has 0 saturated carbocycles. The lowest BCUT2D eigenvalue weighted by molar-refractivity contribution is -0.138. The minimum atomic E-state index is -1.04. The molecule has 0 bridgehead atoms. The number of carbonyl (C=O) groups is 1. The summed E-state index contributed by atoms with van der Waals surface area (Å²) in [6.45, 7) is 5.37. The standard InChI is InChI=1S/C11H17N3O2S/c1-6-3-7(2)14(4-6)11-13-8(5-17-11)9(12)10(15)16/h5-7,9H,3-4,12H2,1-2H3,(H,15,16). The van der Waals surface area contributed by atoms with Gasteiger partial charge in [-0.25, -0.2) is 4.98 Å². The van der Waals surface area contributed by atoms with Crippen molar-refractivity contribution >= 4 is 22.4 Å². The van der Waals surface area contributed by atoms with Crippen LogP contribution in [-0.4, -0.2) is 28.6 Å². The molecule has 3 atom stereocenters. The molecule has 2 heterocycles. The van der Waals surface area contributed by atoms with Crippen LogP contribution in [0.4, 0.5) is 5.13 Å². The van der Waals surface area contributed by atoms with E-state index in [0.717, 1.165) is 18.1 Å². The molecule has 1 saturated heterocycles. The fraction of sp³-hybridized carbons (Fsp3) is 0.636. The molecule has 2 rings (SSSR count). The second-order valence-corrected chi connectivity index (χ2v) is 5.55. The van der Waals surface area contributed by atoms with Gasteiger partial charge in [-0.2, -0.15) is 0 Å². The van der Waals surface area contributed by atoms with E-state index in [9.17, 15) is 4.79 Å². The molecular formula is C11H17N3O2S. The Balaban J connectivity index is 2.16. The molecular weight excluding hydrogens is 238 g/mol. The van der Waals surface area contributed by atoms with Crippen molar-refractivity contribution in [3.05, 3.63) is 11.1 Å². The highest BCUT2D eigenvalue weighted by Gasteiger charge is 2.29. The number of anilines is 1. The van der Waals surface area contributed by atoms with Crippen LogP contribution in [0.15, 0.2) is 5.38 Å². The van der Waals surface area contributed by atoms with Crippen LogP contribution < -0.4 is 10.6 Å². The third-order valence-corrected chi connectivity index (χ3v) is 4.02. The summed E-state index contributed by atoms with van der Waals surface area (Å²) < 4.78 is 0. The van der Waals surface area contributed by atoms with Crippen LogP contribution >= 0.6 is 11.3 Å². The van der Waals surface area contributed by atoms with Gasteiger partial charge in [0.05, 0.1) is 5.69 Å². The number of rotatable bonds is 3. The summed E-state index contributed by atoms with van der Waals surface area (Å²) in [5.41, 5.74) is 5.99. The lowest BCUT2D eigenvalue weighted by Crippen LogP contribution is -2.27. The predicted octanol–water partition coefficient (Wildman–Crippen LogP) is 1.46. The lowest BCUT2D eigenvalue weighted by Gasteiger charge is -2.20. The summed E-state index contributed by atoms with van der Waals surface area (Å²) in [5.74, 6) is -0.379. The number of thiazole rings is 1. The van der Waals surface area contributed by atoms with Crippen molar-refractivity contribution in [1.82, 2.24) is 4.98 Å². The Kier molecular flexibility index (Phi) is 3.35. The van der Waals surface area contributed by atoms with Crippen molar-refractivity contribution in [2.45, 2.75) is 32.4 Å². The predicted molar refractivity (Wildman–Crippen MR) is 67.3 cm³/mol. The molecule has 0 aliphatic carbocycles. The van der Waals surface area contributed by atoms with Crippen LogP contribution in [0, 0.1) is 5.92 Å². The number of hydrogen-bond acceptors (Lipinski definition) is 5. The van der Waals surface area contributed by atoms with Crippen molar-refractivity contribution in [2.24, 2.45) is 11.7 Å². The maximum atomic E-state index is 10.8. The molecule has 6 heteroatoms. The van der Waals surface area contributed by atoms with Gasteiger partial charge in [-0.15, -0.1) is 11.3 Å². The van der Waals surface area contributed by atoms with Gasteiger partial charge in [-0.1, -0.05) is 6.92 Å². The number of carboxylic acids is 1. The zero-order valence-electron chi connectivity index (χ0n) is 9.96. The van der Waals surface area contributed by atoms with Crippen LogP contribution in [0.25, 0.3) is 0 Å². The van der Waals surface area contributed by atoms with Crippen LogP contribution in [0.3, 0.4) is 0 Å². The summed E-state index contributed by atoms with van der Waals surface area (Å²) in [4.78, 5) is 17.3. The number of aromatic nitrogens is 1. The Morgan fingerprint density at radius 1 is 1.71 bits per heavy atom. The van der Waals surface area contributed by atoms with Gasteiger partial charge in [0.2, 0.25) is 0 Å². The number of aliphatic carboxylic acids is 1. The highest BCUT2D eigenvalue weighted by molar-refractivity contribution is 7.13. The molecule has 1 aliphatic rings. The quantitative estimate of drug-likeness (QED) is 0.855. The normalized spacial score (nSPS) is 26.2. The fourth-order valence-corrected chi connectivity index (χ4v) is 3.22. The summed E-state index contributed by atoms with van der Waals surface area (Å²) >= 11 is 1.47. The smallest absolute Gasteiger partial charge is 0.326 e. The van der Waals surface area contributed by atoms with E-state index in [1.54, 1.807) is 5.38 Å². The van der Waals surface area contributed by atoms with E-state index >= 15 is 0 Å². The maximum absolute atomic E-state index is 10.8. The summed E-state index contributed by atoms with van der Waals surface area (Å²) in [6.07, 6.45) is 1.15. The van der Waals surface area contributed by atoms with Crippen molar-refractivity contribution in [1.29, 1.82) is 0 Å². The molecule has 1 fully saturated rings. The topological polar surface area (TPSA) is 79.5 Å². The monoisotopic (exact) mass is 255 g/mol. The molecule has 0 amide bonds. The van der Waals surface area contributed by atoms with E-state index in [4.69, 9.17) is 10.8 Å². The first-order valence-corrected chi connectivity index (χ1v) is 6.57. The second-order valence-electron chi connectivity index (χ2n) is 4.71. The van der Waals surface area contributed by atoms with Crippen molar-refractivity contribution in [3.8, 4) is 0 Å². The first kappa shape index (κ1) is 12.3. The minimum absolute atomic E-state index is 0.448. The lowest BCUT2D eigenvalue weighted by atomic mass is 10.1. The average molecular weight is 255 g/mol. The van der Waals surface area contributed by atoms with E-state index in [0.29, 0.717) is 17.7 Å². The molecule has 1 aliphatic heterocycles. The van der Waals surface area contributed by atoms with Crippen molar-refractivity contribution in [3.63, 3.8) is 0 Å².